The van der Waals surface area contributed by atoms with Gasteiger partial charge in [-0.05, 0) is 187 Å². The number of thioether (sulfide) groups is 3. The molecule has 1 unspecified atom stereocenters. The van der Waals surface area contributed by atoms with Gasteiger partial charge in [-0.3, -0.25) is 57.6 Å². The molecule has 799 valence electrons. The molecule has 0 aromatic rings. The summed E-state index contributed by atoms with van der Waals surface area (Å²) in [5, 5.41) is 114. The van der Waals surface area contributed by atoms with Gasteiger partial charge in [0.15, 0.2) is 5.12 Å². The predicted molar refractivity (Wildman–Crippen MR) is 561 cm³/mol. The first-order valence-electron chi connectivity index (χ1n) is 47.3. The number of nitrogens with zero attached hydrogens (tertiary/aromatic N) is 7. The number of Topliss-reactive ketones (excluding diaryl/α,β-unsaturated/α-hetero) is 4. The second-order valence-electron chi connectivity index (χ2n) is 41.9. The predicted octanol–water partition coefficient (Wildman–Crippen LogP) is 13.6. The topological polar surface area (TPSA) is 539 Å². The Kier molecular flexibility index (Phi) is 83.7. The molecule has 0 spiro atoms. The Morgan fingerprint density at radius 1 is 0.401 bits per heavy atom. The van der Waals surface area contributed by atoms with E-state index >= 15 is 0 Å². The number of hydrogen-bond acceptors (Lipinski definition) is 33. The fraction of sp³-hybridized carbons (Fsp3) is 0.814. The quantitative estimate of drug-likeness (QED) is 0.00671. The number of rotatable bonds is 61. The number of carboxylic acids is 1. The van der Waals surface area contributed by atoms with Gasteiger partial charge >= 0.3 is 5.97 Å². The first-order chi connectivity index (χ1) is 62.3. The van der Waals surface area contributed by atoms with Crippen LogP contribution in [0.4, 0.5) is 0 Å². The normalized spacial score (nSPS) is 12.9. The minimum Gasteiger partial charge on any atom is -0.481 e. The zero-order valence-electron chi connectivity index (χ0n) is 90.8. The molecule has 0 aliphatic carbocycles. The fourth-order valence-electron chi connectivity index (χ4n) is 10.6. The fourth-order valence-corrected chi connectivity index (χ4v) is 11.8. The van der Waals surface area contributed by atoms with E-state index in [4.69, 9.17) is 25.9 Å². The second kappa shape index (κ2) is 78.4. The van der Waals surface area contributed by atoms with Gasteiger partial charge in [0.05, 0.1) is 94.1 Å². The van der Waals surface area contributed by atoms with Crippen LogP contribution in [0, 0.1) is 34.0 Å². The Bertz CT molecular complexity index is 3580. The van der Waals surface area contributed by atoms with Crippen LogP contribution in [0.5, 0.6) is 0 Å². The van der Waals surface area contributed by atoms with Gasteiger partial charge in [-0.15, -0.1) is 0 Å². The Balaban J connectivity index is -0.000000244. The summed E-state index contributed by atoms with van der Waals surface area (Å²) < 4.78 is 0. The molecule has 0 aromatic heterocycles. The van der Waals surface area contributed by atoms with E-state index in [1.165, 1.54) is 6.92 Å². The number of hydrogen-bond donors (Lipinski definition) is 18. The number of amides is 5. The van der Waals surface area contributed by atoms with Crippen LogP contribution in [0.1, 0.15) is 331 Å². The number of carbonyl (C=O) groups excluding carboxylic acids is 10. The van der Waals surface area contributed by atoms with Crippen molar-refractivity contribution in [2.75, 3.05) is 115 Å². The van der Waals surface area contributed by atoms with Crippen molar-refractivity contribution in [3.05, 3.63) is 6.92 Å². The summed E-state index contributed by atoms with van der Waals surface area (Å²) in [5.74, 6) is 1.01. The largest absolute Gasteiger partial charge is 0.481 e. The van der Waals surface area contributed by atoms with Crippen molar-refractivity contribution < 1.29 is 122 Å². The van der Waals surface area contributed by atoms with Gasteiger partial charge in [-0.25, -0.2) is 0 Å². The van der Waals surface area contributed by atoms with Crippen LogP contribution in [0.15, 0.2) is 30.9 Å². The van der Waals surface area contributed by atoms with Gasteiger partial charge in [0.25, 0.3) is 0 Å². The maximum Gasteiger partial charge on any atom is 0.303 e. The van der Waals surface area contributed by atoms with E-state index in [9.17, 15) is 63.2 Å². The standard InChI is InChI=1S/C19H38N4O3.C18H31N3O5S.C18H36N2O2S2.C16H31N5O5.C12H25N4O2.C9H18O.C5H11.Y/c1-14(22-25)18(5,6)20-12-9-13-21-19(7,8)15(23-26)10-11-16(24)17(2,3)4;1-13(22)27-12-17(26)21-11-16(25)20-10-15(24)19-9-7-5-6-8-14(23)18(2,3)4;1-18(2,3)16(21)9-7-6-8-11-20(12-14-24-5)15-17(22)19-10-13-23-4;1-11(20-25)15(2,3)18-8-12(17-10-22)9-19-16(4,5)13(21-26)6-7-14(23)24;1-10(16-18)12(4,5)14-8-6-7-13-11(2,3)9-15-17;1-5-6-7-8(10)9(2,3)4;1-5(2,3)4;/h20-21,25-26H,9-13H2,1-8H3;5-12H2,1-4H3,(H,19,24)(H,20,25)(H,21,26);6-15H2,1-5H3,(H,19,22);10,12,18-19,25-26H,6-9H2,1-5H3,(H,17,22)(H,23,24);13-14,17-18H,6-8H2,1-5H3;5-7H2,1-4H3;1H2,2-4H3;/q;;;;-1;;-1;/b22-14+,23-15+;;;20-11+,21-13+;16-10+;;;. The van der Waals surface area contributed by atoms with E-state index in [1.54, 1.807) is 46.4 Å². The van der Waals surface area contributed by atoms with Gasteiger partial charge in [0.2, 0.25) is 30.0 Å². The summed E-state index contributed by atoms with van der Waals surface area (Å²) in [6.07, 6.45) is 19.4. The second-order valence-corrected chi connectivity index (χ2v) is 45.1. The van der Waals surface area contributed by atoms with Gasteiger partial charge < -0.3 is 113 Å². The summed E-state index contributed by atoms with van der Waals surface area (Å²) >= 11 is 4.41. The van der Waals surface area contributed by atoms with Crippen molar-refractivity contribution in [2.45, 2.75) is 370 Å². The van der Waals surface area contributed by atoms with Gasteiger partial charge in [-0.2, -0.15) is 28.9 Å². The number of unbranched alkanes of at least 4 members (excludes halogenated alkanes) is 5. The molecule has 0 aromatic carbocycles. The smallest absolute Gasteiger partial charge is 0.303 e. The summed E-state index contributed by atoms with van der Waals surface area (Å²) in [4.78, 5) is 128. The Morgan fingerprint density at radius 3 is 1.14 bits per heavy atom. The zero-order chi connectivity index (χ0) is 107. The summed E-state index contributed by atoms with van der Waals surface area (Å²) in [6.45, 7) is 71.6. The van der Waals surface area contributed by atoms with Gasteiger partial charge in [0, 0.05) is 138 Å². The SMILES string of the molecule is C/C(=N\O)C(C)(C)NCC(CNC(C)(C)/C(CCC(=O)O)=N/O)NC=O.C/C(=N\O)C(C)(C)NCCCNC(C)(C)/C(CCC(=O)C(C)(C)C)=N/O.C/C(=N\O)C(C)(C)NCCCNC(C)(C)[C-]=NO.CC(=O)SCC(=O)NCC(=O)NCC(=O)NCCCCCC(=O)C(C)(C)C.CCCCC(=O)C(C)(C)C.CSCCNC(=O)CN(CCCCCC(=O)C(C)(C)C)CCSC.[CH2-]C(C)(C)C.[Y]. The molecule has 0 saturated heterocycles. The third-order valence-electron chi connectivity index (χ3n) is 21.0. The van der Waals surface area contributed by atoms with Gasteiger partial charge in [-0.1, -0.05) is 187 Å². The van der Waals surface area contributed by atoms with E-state index in [2.05, 4.69) is 141 Å². The van der Waals surface area contributed by atoms with Gasteiger partial charge in [0.1, 0.15) is 23.1 Å². The van der Waals surface area contributed by atoms with E-state index in [0.29, 0.717) is 98.4 Å². The molecule has 40 heteroatoms. The summed E-state index contributed by atoms with van der Waals surface area (Å²) in [7, 11) is 0. The molecule has 36 nitrogen and oxygen atoms in total. The first kappa shape index (κ1) is 146. The molecule has 0 rings (SSSR count). The van der Waals surface area contributed by atoms with E-state index in [1.807, 2.05) is 170 Å². The van der Waals surface area contributed by atoms with Crippen molar-refractivity contribution in [1.29, 1.82) is 0 Å². The number of carbonyl (C=O) groups is 11. The molecular weight excluding hydrogens is 1890 g/mol. The molecule has 0 saturated carbocycles. The monoisotopic (exact) mass is 2080 g/mol. The molecule has 1 radical (unpaired) electrons. The van der Waals surface area contributed by atoms with E-state index < -0.39 is 39.9 Å². The van der Waals surface area contributed by atoms with Crippen LogP contribution in [0.3, 0.4) is 0 Å². The molecule has 137 heavy (non-hydrogen) atoms. The Hall–Kier alpha value is -6.14. The molecule has 0 bridgehead atoms. The maximum absolute atomic E-state index is 12.1. The average molecular weight is 2080 g/mol. The minimum absolute atomic E-state index is 0. The van der Waals surface area contributed by atoms with Crippen LogP contribution in [0.2, 0.25) is 0 Å². The first-order valence-corrected chi connectivity index (χ1v) is 51.0. The molecule has 1 atom stereocenters. The maximum atomic E-state index is 12.1. The van der Waals surface area contributed by atoms with Crippen LogP contribution in [-0.2, 0) is 85.4 Å². The van der Waals surface area contributed by atoms with Crippen molar-refractivity contribution >= 4 is 134 Å². The Labute approximate surface area is 863 Å². The number of ketones is 4. The third kappa shape index (κ3) is 87.4. The van der Waals surface area contributed by atoms with Crippen LogP contribution >= 0.6 is 35.3 Å². The van der Waals surface area contributed by atoms with E-state index in [-0.39, 0.29) is 137 Å². The third-order valence-corrected chi connectivity index (χ3v) is 23.0. The van der Waals surface area contributed by atoms with Crippen molar-refractivity contribution in [3.8, 4) is 0 Å². The number of carboxylic acid groups (broad SMARTS) is 1. The summed E-state index contributed by atoms with van der Waals surface area (Å²) in [6, 6.07) is -0.294. The molecule has 0 fully saturated rings. The van der Waals surface area contributed by atoms with Crippen molar-refractivity contribution in [2.24, 2.45) is 58.0 Å². The van der Waals surface area contributed by atoms with Crippen molar-refractivity contribution in [3.63, 3.8) is 0 Å². The van der Waals surface area contributed by atoms with E-state index in [0.717, 1.165) is 140 Å². The average Bonchev–Trinajstić information content (AvgIpc) is 0.858. The van der Waals surface area contributed by atoms with Crippen LogP contribution in [-0.4, -0.2) is 294 Å². The number of aliphatic carboxylic acids is 1. The Morgan fingerprint density at radius 2 is 0.759 bits per heavy atom. The molecule has 0 aliphatic rings. The molecule has 5 amide bonds. The number of oxime groups is 5. The van der Waals surface area contributed by atoms with Crippen LogP contribution in [0.25, 0.3) is 0 Å². The minimum atomic E-state index is -0.977. The van der Waals surface area contributed by atoms with Crippen LogP contribution < -0.4 is 58.5 Å². The molecule has 0 heterocycles. The molecular formula is C97H190N18O18S3Y-2. The summed E-state index contributed by atoms with van der Waals surface area (Å²) in [5.41, 5.74) is -1.07. The van der Waals surface area contributed by atoms with Crippen molar-refractivity contribution in [1.82, 2.24) is 63.4 Å². The zero-order valence-corrected chi connectivity index (χ0v) is 96.0. The number of nitrogens with one attached hydrogen (secondary N) is 11. The molecule has 18 N–H and O–H groups in total. The molecule has 0 aliphatic heterocycles.